The third-order valence-electron chi connectivity index (χ3n) is 2.86. The van der Waals surface area contributed by atoms with Gasteiger partial charge in [-0.25, -0.2) is 0 Å². The van der Waals surface area contributed by atoms with Crippen LogP contribution in [0.15, 0.2) is 0 Å². The SMILES string of the molecule is CCc1[nH]nc(C(=O)N(CCOC)CCOC)c1N. The Kier molecular flexibility index (Phi) is 6.31. The second-order valence-corrected chi connectivity index (χ2v) is 4.10. The first kappa shape index (κ1) is 15.5. The Morgan fingerprint density at radius 1 is 1.32 bits per heavy atom. The Morgan fingerprint density at radius 2 is 1.89 bits per heavy atom. The zero-order chi connectivity index (χ0) is 14.3. The first-order valence-electron chi connectivity index (χ1n) is 6.25. The van der Waals surface area contributed by atoms with Crippen LogP contribution in [0.25, 0.3) is 0 Å². The number of nitrogens with two attached hydrogens (primary N) is 1. The van der Waals surface area contributed by atoms with Crippen LogP contribution in [0, 0.1) is 0 Å². The summed E-state index contributed by atoms with van der Waals surface area (Å²) in [7, 11) is 3.19. The number of hydrogen-bond acceptors (Lipinski definition) is 5. The molecule has 7 nitrogen and oxygen atoms in total. The molecule has 0 saturated heterocycles. The number of aromatic nitrogens is 2. The van der Waals surface area contributed by atoms with Crippen LogP contribution in [0.5, 0.6) is 0 Å². The molecule has 0 aliphatic carbocycles. The van der Waals surface area contributed by atoms with Gasteiger partial charge in [-0.2, -0.15) is 5.10 Å². The number of hydrogen-bond donors (Lipinski definition) is 2. The molecule has 1 heterocycles. The number of H-pyrrole nitrogens is 1. The molecule has 1 amide bonds. The van der Waals surface area contributed by atoms with Gasteiger partial charge >= 0.3 is 0 Å². The molecule has 1 rings (SSSR count). The van der Waals surface area contributed by atoms with E-state index in [1.807, 2.05) is 6.92 Å². The number of anilines is 1. The first-order chi connectivity index (χ1) is 9.15. The van der Waals surface area contributed by atoms with E-state index in [0.29, 0.717) is 38.4 Å². The second-order valence-electron chi connectivity index (χ2n) is 4.10. The number of methoxy groups -OCH3 is 2. The van der Waals surface area contributed by atoms with E-state index < -0.39 is 0 Å². The number of rotatable bonds is 8. The number of carbonyl (C=O) groups is 1. The fourth-order valence-corrected chi connectivity index (χ4v) is 1.69. The fourth-order valence-electron chi connectivity index (χ4n) is 1.69. The van der Waals surface area contributed by atoms with Gasteiger partial charge in [0.15, 0.2) is 5.69 Å². The summed E-state index contributed by atoms with van der Waals surface area (Å²) in [6, 6.07) is 0. The second kappa shape index (κ2) is 7.75. The quantitative estimate of drug-likeness (QED) is 0.708. The Hall–Kier alpha value is -1.60. The molecule has 0 aliphatic rings. The summed E-state index contributed by atoms with van der Waals surface area (Å²) in [5.41, 5.74) is 7.38. The summed E-state index contributed by atoms with van der Waals surface area (Å²) in [4.78, 5) is 14.0. The molecule has 0 unspecified atom stereocenters. The van der Waals surface area contributed by atoms with Gasteiger partial charge in [0.1, 0.15) is 0 Å². The van der Waals surface area contributed by atoms with Crippen molar-refractivity contribution in [1.82, 2.24) is 15.1 Å². The highest BCUT2D eigenvalue weighted by Gasteiger charge is 2.22. The smallest absolute Gasteiger partial charge is 0.276 e. The predicted molar refractivity (Wildman–Crippen MR) is 72.0 cm³/mol. The fraction of sp³-hybridized carbons (Fsp3) is 0.667. The van der Waals surface area contributed by atoms with E-state index in [-0.39, 0.29) is 11.6 Å². The largest absolute Gasteiger partial charge is 0.395 e. The normalized spacial score (nSPS) is 10.7. The summed E-state index contributed by atoms with van der Waals surface area (Å²) in [5.74, 6) is -0.206. The molecule has 108 valence electrons. The van der Waals surface area contributed by atoms with Crippen LogP contribution in [0.2, 0.25) is 0 Å². The minimum absolute atomic E-state index is 0.206. The molecule has 0 fully saturated rings. The van der Waals surface area contributed by atoms with Crippen molar-refractivity contribution in [3.63, 3.8) is 0 Å². The zero-order valence-corrected chi connectivity index (χ0v) is 11.7. The highest BCUT2D eigenvalue weighted by Crippen LogP contribution is 2.16. The van der Waals surface area contributed by atoms with E-state index in [4.69, 9.17) is 15.2 Å². The standard InChI is InChI=1S/C12H22N4O3/c1-4-9-10(13)11(15-14-9)12(17)16(5-7-18-2)6-8-19-3/h4-8,13H2,1-3H3,(H,14,15). The Morgan fingerprint density at radius 3 is 2.32 bits per heavy atom. The molecule has 19 heavy (non-hydrogen) atoms. The van der Waals surface area contributed by atoms with Crippen molar-refractivity contribution in [2.75, 3.05) is 46.3 Å². The van der Waals surface area contributed by atoms with Crippen LogP contribution in [0.3, 0.4) is 0 Å². The van der Waals surface area contributed by atoms with E-state index in [1.165, 1.54) is 0 Å². The number of amides is 1. The number of aromatic amines is 1. The van der Waals surface area contributed by atoms with E-state index in [2.05, 4.69) is 10.2 Å². The monoisotopic (exact) mass is 270 g/mol. The van der Waals surface area contributed by atoms with Gasteiger partial charge in [-0.3, -0.25) is 9.89 Å². The maximum Gasteiger partial charge on any atom is 0.276 e. The lowest BCUT2D eigenvalue weighted by Gasteiger charge is -2.21. The van der Waals surface area contributed by atoms with Gasteiger partial charge < -0.3 is 20.1 Å². The molecule has 7 heteroatoms. The highest BCUT2D eigenvalue weighted by atomic mass is 16.5. The average Bonchev–Trinajstić information content (AvgIpc) is 2.79. The molecule has 1 aromatic rings. The summed E-state index contributed by atoms with van der Waals surface area (Å²) in [6.07, 6.45) is 0.711. The van der Waals surface area contributed by atoms with Crippen LogP contribution in [-0.4, -0.2) is 61.5 Å². The van der Waals surface area contributed by atoms with E-state index in [1.54, 1.807) is 19.1 Å². The molecule has 1 aromatic heterocycles. The van der Waals surface area contributed by atoms with Crippen LogP contribution < -0.4 is 5.73 Å². The third-order valence-corrected chi connectivity index (χ3v) is 2.86. The lowest BCUT2D eigenvalue weighted by Crippen LogP contribution is -2.37. The summed E-state index contributed by atoms with van der Waals surface area (Å²) >= 11 is 0. The Balaban J connectivity index is 2.81. The summed E-state index contributed by atoms with van der Waals surface area (Å²) in [6.45, 7) is 3.82. The maximum atomic E-state index is 12.4. The van der Waals surface area contributed by atoms with Crippen LogP contribution in [0.1, 0.15) is 23.1 Å². The van der Waals surface area contributed by atoms with Crippen molar-refractivity contribution in [3.05, 3.63) is 11.4 Å². The maximum absolute atomic E-state index is 12.4. The lowest BCUT2D eigenvalue weighted by atomic mass is 10.2. The van der Waals surface area contributed by atoms with Crippen LogP contribution >= 0.6 is 0 Å². The molecule has 0 aliphatic heterocycles. The van der Waals surface area contributed by atoms with Gasteiger partial charge in [-0.15, -0.1) is 0 Å². The molecule has 0 radical (unpaired) electrons. The molecule has 0 aromatic carbocycles. The number of nitrogen functional groups attached to an aromatic ring is 1. The van der Waals surface area contributed by atoms with Crippen molar-refractivity contribution < 1.29 is 14.3 Å². The van der Waals surface area contributed by atoms with Gasteiger partial charge in [0.05, 0.1) is 24.6 Å². The topological polar surface area (TPSA) is 93.5 Å². The van der Waals surface area contributed by atoms with Crippen molar-refractivity contribution >= 4 is 11.6 Å². The number of nitrogens with one attached hydrogen (secondary N) is 1. The molecule has 0 atom stereocenters. The van der Waals surface area contributed by atoms with Crippen molar-refractivity contribution in [3.8, 4) is 0 Å². The number of aryl methyl sites for hydroxylation is 1. The van der Waals surface area contributed by atoms with Gasteiger partial charge in [-0.05, 0) is 6.42 Å². The molecule has 0 spiro atoms. The molecular weight excluding hydrogens is 248 g/mol. The van der Waals surface area contributed by atoms with Gasteiger partial charge in [0.25, 0.3) is 5.91 Å². The van der Waals surface area contributed by atoms with Crippen LogP contribution in [0.4, 0.5) is 5.69 Å². The number of nitrogens with zero attached hydrogens (tertiary/aromatic N) is 2. The van der Waals surface area contributed by atoms with Crippen LogP contribution in [-0.2, 0) is 15.9 Å². The van der Waals surface area contributed by atoms with E-state index >= 15 is 0 Å². The highest BCUT2D eigenvalue weighted by molar-refractivity contribution is 5.97. The predicted octanol–water partition coefficient (Wildman–Crippen LogP) is 0.289. The molecule has 3 N–H and O–H groups in total. The number of ether oxygens (including phenoxy) is 2. The minimum Gasteiger partial charge on any atom is -0.395 e. The number of carbonyl (C=O) groups excluding carboxylic acids is 1. The third kappa shape index (κ3) is 3.93. The Labute approximate surface area is 113 Å². The van der Waals surface area contributed by atoms with Crippen molar-refractivity contribution in [2.45, 2.75) is 13.3 Å². The van der Waals surface area contributed by atoms with Crippen molar-refractivity contribution in [1.29, 1.82) is 0 Å². The van der Waals surface area contributed by atoms with E-state index in [9.17, 15) is 4.79 Å². The van der Waals surface area contributed by atoms with Gasteiger partial charge in [-0.1, -0.05) is 6.92 Å². The van der Waals surface area contributed by atoms with Gasteiger partial charge in [0.2, 0.25) is 0 Å². The first-order valence-corrected chi connectivity index (χ1v) is 6.25. The molecular formula is C12H22N4O3. The molecule has 0 bridgehead atoms. The van der Waals surface area contributed by atoms with Crippen molar-refractivity contribution in [2.24, 2.45) is 0 Å². The zero-order valence-electron chi connectivity index (χ0n) is 11.7. The summed E-state index contributed by atoms with van der Waals surface area (Å²) < 4.78 is 10.0. The Bertz CT molecular complexity index is 398. The minimum atomic E-state index is -0.206. The summed E-state index contributed by atoms with van der Waals surface area (Å²) in [5, 5.41) is 6.79. The van der Waals surface area contributed by atoms with E-state index in [0.717, 1.165) is 5.69 Å². The van der Waals surface area contributed by atoms with Gasteiger partial charge in [0, 0.05) is 27.3 Å². The lowest BCUT2D eigenvalue weighted by molar-refractivity contribution is 0.0623. The average molecular weight is 270 g/mol. The molecule has 0 saturated carbocycles.